The number of ketones is 1. The van der Waals surface area contributed by atoms with Gasteiger partial charge in [-0.15, -0.1) is 0 Å². The van der Waals surface area contributed by atoms with Crippen molar-refractivity contribution in [2.24, 2.45) is 5.92 Å². The minimum atomic E-state index is -0.701. The Bertz CT molecular complexity index is 354. The van der Waals surface area contributed by atoms with E-state index in [1.165, 1.54) is 0 Å². The van der Waals surface area contributed by atoms with Gasteiger partial charge in [0, 0.05) is 12.3 Å². The highest BCUT2D eigenvalue weighted by molar-refractivity contribution is 5.81. The number of benzene rings is 1. The van der Waals surface area contributed by atoms with Crippen molar-refractivity contribution in [1.29, 1.82) is 0 Å². The molecule has 0 aliphatic carbocycles. The Labute approximate surface area is 96.6 Å². The number of aliphatic hydroxyl groups is 1. The summed E-state index contributed by atoms with van der Waals surface area (Å²) in [5, 5.41) is 9.77. The van der Waals surface area contributed by atoms with E-state index in [2.05, 4.69) is 0 Å². The summed E-state index contributed by atoms with van der Waals surface area (Å²) >= 11 is 0. The molecule has 2 heteroatoms. The van der Waals surface area contributed by atoms with E-state index in [0.717, 1.165) is 5.56 Å². The van der Waals surface area contributed by atoms with Crippen LogP contribution in [-0.2, 0) is 4.79 Å². The van der Waals surface area contributed by atoms with E-state index in [0.29, 0.717) is 6.42 Å². The van der Waals surface area contributed by atoms with Gasteiger partial charge in [-0.05, 0) is 5.56 Å². The SMILES string of the molecule is CCC(=O)[C@H](C)[C@@H](O)/C=C/c1ccccc1. The number of hydrogen-bond acceptors (Lipinski definition) is 2. The highest BCUT2D eigenvalue weighted by Gasteiger charge is 2.17. The van der Waals surface area contributed by atoms with Gasteiger partial charge < -0.3 is 5.11 Å². The van der Waals surface area contributed by atoms with Gasteiger partial charge in [-0.25, -0.2) is 0 Å². The molecule has 0 fully saturated rings. The minimum Gasteiger partial charge on any atom is -0.388 e. The molecule has 2 atom stereocenters. The number of rotatable bonds is 5. The lowest BCUT2D eigenvalue weighted by molar-refractivity contribution is -0.124. The first-order chi connectivity index (χ1) is 7.65. The molecule has 0 aliphatic rings. The highest BCUT2D eigenvalue weighted by Crippen LogP contribution is 2.10. The van der Waals surface area contributed by atoms with Crippen LogP contribution < -0.4 is 0 Å². The lowest BCUT2D eigenvalue weighted by Gasteiger charge is -2.12. The van der Waals surface area contributed by atoms with Crippen molar-refractivity contribution < 1.29 is 9.90 Å². The van der Waals surface area contributed by atoms with Crippen LogP contribution in [0.2, 0.25) is 0 Å². The van der Waals surface area contributed by atoms with Gasteiger partial charge in [-0.1, -0.05) is 56.3 Å². The summed E-state index contributed by atoms with van der Waals surface area (Å²) in [6.07, 6.45) is 3.28. The monoisotopic (exact) mass is 218 g/mol. The van der Waals surface area contributed by atoms with Gasteiger partial charge in [-0.2, -0.15) is 0 Å². The molecule has 1 aromatic carbocycles. The Kier molecular flexibility index (Phi) is 4.93. The van der Waals surface area contributed by atoms with Crippen LogP contribution in [0.1, 0.15) is 25.8 Å². The van der Waals surface area contributed by atoms with Crippen LogP contribution in [-0.4, -0.2) is 17.0 Å². The van der Waals surface area contributed by atoms with Crippen LogP contribution in [0.15, 0.2) is 36.4 Å². The Morgan fingerprint density at radius 3 is 2.56 bits per heavy atom. The average Bonchev–Trinajstić information content (AvgIpc) is 2.35. The predicted molar refractivity (Wildman–Crippen MR) is 65.9 cm³/mol. The molecule has 16 heavy (non-hydrogen) atoms. The second-order valence-electron chi connectivity index (χ2n) is 3.87. The molecule has 1 rings (SSSR count). The van der Waals surface area contributed by atoms with Gasteiger partial charge in [0.1, 0.15) is 5.78 Å². The van der Waals surface area contributed by atoms with Crippen molar-refractivity contribution in [2.45, 2.75) is 26.4 Å². The smallest absolute Gasteiger partial charge is 0.138 e. The number of aliphatic hydroxyl groups excluding tert-OH is 1. The summed E-state index contributed by atoms with van der Waals surface area (Å²) in [7, 11) is 0. The highest BCUT2D eigenvalue weighted by atomic mass is 16.3. The Morgan fingerprint density at radius 2 is 2.00 bits per heavy atom. The van der Waals surface area contributed by atoms with Gasteiger partial charge in [0.2, 0.25) is 0 Å². The molecular weight excluding hydrogens is 200 g/mol. The fourth-order valence-corrected chi connectivity index (χ4v) is 1.45. The molecule has 0 unspecified atom stereocenters. The first-order valence-electron chi connectivity index (χ1n) is 5.59. The van der Waals surface area contributed by atoms with Crippen LogP contribution in [0.25, 0.3) is 6.08 Å². The van der Waals surface area contributed by atoms with Crippen molar-refractivity contribution in [3.05, 3.63) is 42.0 Å². The number of carbonyl (C=O) groups is 1. The molecule has 1 aromatic rings. The summed E-state index contributed by atoms with van der Waals surface area (Å²) in [6, 6.07) is 9.72. The lowest BCUT2D eigenvalue weighted by atomic mass is 9.97. The molecule has 0 radical (unpaired) electrons. The van der Waals surface area contributed by atoms with E-state index in [9.17, 15) is 9.90 Å². The molecule has 2 nitrogen and oxygen atoms in total. The van der Waals surface area contributed by atoms with Crippen LogP contribution in [0, 0.1) is 5.92 Å². The molecule has 0 amide bonds. The summed E-state index contributed by atoms with van der Waals surface area (Å²) < 4.78 is 0. The topological polar surface area (TPSA) is 37.3 Å². The normalized spacial score (nSPS) is 14.9. The average molecular weight is 218 g/mol. The van der Waals surface area contributed by atoms with E-state index in [1.807, 2.05) is 43.3 Å². The molecule has 0 heterocycles. The van der Waals surface area contributed by atoms with Crippen molar-refractivity contribution in [3.8, 4) is 0 Å². The largest absolute Gasteiger partial charge is 0.388 e. The fourth-order valence-electron chi connectivity index (χ4n) is 1.45. The van der Waals surface area contributed by atoms with E-state index < -0.39 is 6.10 Å². The maximum Gasteiger partial charge on any atom is 0.138 e. The van der Waals surface area contributed by atoms with E-state index >= 15 is 0 Å². The Morgan fingerprint density at radius 1 is 1.38 bits per heavy atom. The van der Waals surface area contributed by atoms with Crippen molar-refractivity contribution in [3.63, 3.8) is 0 Å². The maximum absolute atomic E-state index is 11.4. The standard InChI is InChI=1S/C14H18O2/c1-3-13(15)11(2)14(16)10-9-12-7-5-4-6-8-12/h4-11,14,16H,3H2,1-2H3/b10-9+/t11-,14-/m0/s1. The molecule has 86 valence electrons. The maximum atomic E-state index is 11.4. The summed E-state index contributed by atoms with van der Waals surface area (Å²) in [5.41, 5.74) is 1.03. The summed E-state index contributed by atoms with van der Waals surface area (Å²) in [5.74, 6) is -0.241. The molecule has 0 saturated heterocycles. The third kappa shape index (κ3) is 3.63. The van der Waals surface area contributed by atoms with Gasteiger partial charge in [0.05, 0.1) is 6.10 Å². The quantitative estimate of drug-likeness (QED) is 0.825. The second kappa shape index (κ2) is 6.23. The first kappa shape index (κ1) is 12.7. The van der Waals surface area contributed by atoms with Crippen LogP contribution in [0.4, 0.5) is 0 Å². The van der Waals surface area contributed by atoms with Gasteiger partial charge >= 0.3 is 0 Å². The van der Waals surface area contributed by atoms with E-state index in [1.54, 1.807) is 13.0 Å². The van der Waals surface area contributed by atoms with Crippen molar-refractivity contribution in [2.75, 3.05) is 0 Å². The molecule has 1 N–H and O–H groups in total. The fraction of sp³-hybridized carbons (Fsp3) is 0.357. The van der Waals surface area contributed by atoms with Crippen LogP contribution in [0.3, 0.4) is 0 Å². The zero-order chi connectivity index (χ0) is 12.0. The Balaban J connectivity index is 2.61. The molecule has 0 saturated carbocycles. The second-order valence-corrected chi connectivity index (χ2v) is 3.87. The predicted octanol–water partition coefficient (Wildman–Crippen LogP) is 2.68. The molecule has 0 bridgehead atoms. The molecule has 0 spiro atoms. The lowest BCUT2D eigenvalue weighted by Crippen LogP contribution is -2.23. The van der Waals surface area contributed by atoms with Crippen LogP contribution in [0.5, 0.6) is 0 Å². The molecular formula is C14H18O2. The minimum absolute atomic E-state index is 0.0882. The number of carbonyl (C=O) groups excluding carboxylic acids is 1. The summed E-state index contributed by atoms with van der Waals surface area (Å²) in [6.45, 7) is 3.57. The Hall–Kier alpha value is -1.41. The van der Waals surface area contributed by atoms with Crippen LogP contribution >= 0.6 is 0 Å². The zero-order valence-corrected chi connectivity index (χ0v) is 9.76. The third-order valence-corrected chi connectivity index (χ3v) is 2.65. The van der Waals surface area contributed by atoms with Crippen molar-refractivity contribution in [1.82, 2.24) is 0 Å². The van der Waals surface area contributed by atoms with Gasteiger partial charge in [-0.3, -0.25) is 4.79 Å². The van der Waals surface area contributed by atoms with E-state index in [-0.39, 0.29) is 11.7 Å². The van der Waals surface area contributed by atoms with Gasteiger partial charge in [0.15, 0.2) is 0 Å². The van der Waals surface area contributed by atoms with Crippen molar-refractivity contribution >= 4 is 11.9 Å². The van der Waals surface area contributed by atoms with E-state index in [4.69, 9.17) is 0 Å². The van der Waals surface area contributed by atoms with Gasteiger partial charge in [0.25, 0.3) is 0 Å². The summed E-state index contributed by atoms with van der Waals surface area (Å²) in [4.78, 5) is 11.4. The molecule has 0 aromatic heterocycles. The first-order valence-corrected chi connectivity index (χ1v) is 5.59. The zero-order valence-electron chi connectivity index (χ0n) is 9.76. The molecule has 0 aliphatic heterocycles. The third-order valence-electron chi connectivity index (χ3n) is 2.65. The number of Topliss-reactive ketones (excluding diaryl/α,β-unsaturated/α-hetero) is 1. The number of hydrogen-bond donors (Lipinski definition) is 1.